The van der Waals surface area contributed by atoms with E-state index in [1.54, 1.807) is 30.3 Å². The summed E-state index contributed by atoms with van der Waals surface area (Å²) < 4.78 is 4.80. The lowest BCUT2D eigenvalue weighted by Gasteiger charge is -2.17. The molecule has 18 heavy (non-hydrogen) atoms. The van der Waals surface area contributed by atoms with Gasteiger partial charge in [-0.1, -0.05) is 30.3 Å². The molecule has 1 aliphatic carbocycles. The summed E-state index contributed by atoms with van der Waals surface area (Å²) in [6.45, 7) is 0. The molecule has 0 saturated heterocycles. The Morgan fingerprint density at radius 1 is 1.22 bits per heavy atom. The molecule has 1 aromatic carbocycles. The second-order valence-corrected chi connectivity index (χ2v) is 3.82. The van der Waals surface area contributed by atoms with Gasteiger partial charge in [-0.15, -0.1) is 0 Å². The van der Waals surface area contributed by atoms with Crippen molar-refractivity contribution in [3.05, 3.63) is 59.4 Å². The molecule has 0 fully saturated rings. The molecular weight excluding hydrogens is 232 g/mol. The Kier molecular flexibility index (Phi) is 3.39. The van der Waals surface area contributed by atoms with Gasteiger partial charge in [-0.05, 0) is 12.2 Å². The molecule has 4 nitrogen and oxygen atoms in total. The average Bonchev–Trinajstić information content (AvgIpc) is 2.42. The molecular formula is C14H12O4. The lowest BCUT2D eigenvalue weighted by molar-refractivity contribution is -0.124. The Morgan fingerprint density at radius 2 is 1.89 bits per heavy atom. The molecule has 0 aromatic heterocycles. The highest BCUT2D eigenvalue weighted by Crippen LogP contribution is 2.20. The maximum absolute atomic E-state index is 12.1. The van der Waals surface area contributed by atoms with Crippen LogP contribution in [0.5, 0.6) is 0 Å². The van der Waals surface area contributed by atoms with E-state index in [-0.39, 0.29) is 17.1 Å². The molecule has 1 unspecified atom stereocenters. The van der Waals surface area contributed by atoms with Crippen molar-refractivity contribution in [3.63, 3.8) is 0 Å². The highest BCUT2D eigenvalue weighted by Gasteiger charge is 2.31. The maximum Gasteiger partial charge on any atom is 0.230 e. The SMILES string of the molecule is COC1=CC=C(C(=O)c2ccccc2)C(O)C1=O. The van der Waals surface area contributed by atoms with Crippen molar-refractivity contribution in [1.82, 2.24) is 0 Å². The fourth-order valence-electron chi connectivity index (χ4n) is 1.74. The third kappa shape index (κ3) is 2.10. The van der Waals surface area contributed by atoms with Crippen LogP contribution in [0.3, 0.4) is 0 Å². The first-order valence-electron chi connectivity index (χ1n) is 5.43. The van der Waals surface area contributed by atoms with Gasteiger partial charge in [0.25, 0.3) is 0 Å². The summed E-state index contributed by atoms with van der Waals surface area (Å²) in [5, 5.41) is 9.81. The van der Waals surface area contributed by atoms with Gasteiger partial charge in [0.15, 0.2) is 11.5 Å². The van der Waals surface area contributed by atoms with Crippen LogP contribution >= 0.6 is 0 Å². The van der Waals surface area contributed by atoms with Gasteiger partial charge in [0.1, 0.15) is 6.10 Å². The number of aliphatic hydroxyl groups excluding tert-OH is 1. The zero-order valence-electron chi connectivity index (χ0n) is 9.79. The second-order valence-electron chi connectivity index (χ2n) is 3.82. The Labute approximate surface area is 104 Å². The molecule has 0 saturated carbocycles. The number of rotatable bonds is 3. The minimum absolute atomic E-state index is 0.0483. The van der Waals surface area contributed by atoms with Crippen LogP contribution in [0.4, 0.5) is 0 Å². The number of Topliss-reactive ketones (excluding diaryl/α,β-unsaturated/α-hetero) is 2. The standard InChI is InChI=1S/C14H12O4/c1-18-11-8-7-10(13(16)14(11)17)12(15)9-5-3-2-4-6-9/h2-8,13,16H,1H3. The van der Waals surface area contributed by atoms with E-state index >= 15 is 0 Å². The highest BCUT2D eigenvalue weighted by molar-refractivity contribution is 6.16. The van der Waals surface area contributed by atoms with Crippen molar-refractivity contribution in [3.8, 4) is 0 Å². The van der Waals surface area contributed by atoms with E-state index < -0.39 is 11.9 Å². The van der Waals surface area contributed by atoms with Crippen LogP contribution in [0.2, 0.25) is 0 Å². The maximum atomic E-state index is 12.1. The van der Waals surface area contributed by atoms with Crippen molar-refractivity contribution in [1.29, 1.82) is 0 Å². The van der Waals surface area contributed by atoms with E-state index in [4.69, 9.17) is 4.74 Å². The summed E-state index contributed by atoms with van der Waals surface area (Å²) in [5.74, 6) is -0.908. The number of ether oxygens (including phenoxy) is 1. The summed E-state index contributed by atoms with van der Waals surface area (Å²) >= 11 is 0. The normalized spacial score (nSPS) is 19.0. The van der Waals surface area contributed by atoms with Crippen LogP contribution in [-0.4, -0.2) is 29.9 Å². The van der Waals surface area contributed by atoms with Gasteiger partial charge in [0, 0.05) is 11.1 Å². The molecule has 92 valence electrons. The zero-order chi connectivity index (χ0) is 13.1. The zero-order valence-corrected chi connectivity index (χ0v) is 9.79. The lowest BCUT2D eigenvalue weighted by atomic mass is 9.92. The molecule has 1 aromatic rings. The average molecular weight is 244 g/mol. The summed E-state index contributed by atoms with van der Waals surface area (Å²) in [7, 11) is 1.34. The van der Waals surface area contributed by atoms with Crippen molar-refractivity contribution in [2.45, 2.75) is 6.10 Å². The Hall–Kier alpha value is -2.20. The number of methoxy groups -OCH3 is 1. The molecule has 0 bridgehead atoms. The van der Waals surface area contributed by atoms with Crippen molar-refractivity contribution >= 4 is 11.6 Å². The molecule has 0 amide bonds. The van der Waals surface area contributed by atoms with Crippen LogP contribution in [0.15, 0.2) is 53.8 Å². The van der Waals surface area contributed by atoms with Crippen molar-refractivity contribution in [2.75, 3.05) is 7.11 Å². The summed E-state index contributed by atoms with van der Waals surface area (Å²) in [6.07, 6.45) is 1.35. The summed E-state index contributed by atoms with van der Waals surface area (Å²) in [6, 6.07) is 8.50. The van der Waals surface area contributed by atoms with Gasteiger partial charge in [0.2, 0.25) is 5.78 Å². The molecule has 1 N–H and O–H groups in total. The third-order valence-corrected chi connectivity index (χ3v) is 2.72. The van der Waals surface area contributed by atoms with E-state index in [0.29, 0.717) is 5.56 Å². The van der Waals surface area contributed by atoms with E-state index in [1.807, 2.05) is 0 Å². The van der Waals surface area contributed by atoms with Crippen LogP contribution in [0, 0.1) is 0 Å². The fraction of sp³-hybridized carbons (Fsp3) is 0.143. The number of hydrogen-bond donors (Lipinski definition) is 1. The van der Waals surface area contributed by atoms with Gasteiger partial charge in [-0.25, -0.2) is 0 Å². The van der Waals surface area contributed by atoms with E-state index in [2.05, 4.69) is 0 Å². The van der Waals surface area contributed by atoms with Gasteiger partial charge in [-0.3, -0.25) is 9.59 Å². The van der Waals surface area contributed by atoms with Crippen LogP contribution in [-0.2, 0) is 9.53 Å². The van der Waals surface area contributed by atoms with Gasteiger partial charge < -0.3 is 9.84 Å². The fourth-order valence-corrected chi connectivity index (χ4v) is 1.74. The second kappa shape index (κ2) is 4.98. The molecule has 1 aliphatic rings. The Morgan fingerprint density at radius 3 is 2.50 bits per heavy atom. The highest BCUT2D eigenvalue weighted by atomic mass is 16.5. The molecule has 1 atom stereocenters. The first kappa shape index (κ1) is 12.3. The van der Waals surface area contributed by atoms with Crippen LogP contribution < -0.4 is 0 Å². The number of allylic oxidation sites excluding steroid dienone is 2. The smallest absolute Gasteiger partial charge is 0.230 e. The first-order valence-corrected chi connectivity index (χ1v) is 5.43. The minimum atomic E-state index is -1.46. The molecule has 0 aliphatic heterocycles. The van der Waals surface area contributed by atoms with Gasteiger partial charge in [-0.2, -0.15) is 0 Å². The molecule has 0 heterocycles. The van der Waals surface area contributed by atoms with E-state index in [1.165, 1.54) is 19.3 Å². The summed E-state index contributed by atoms with van der Waals surface area (Å²) in [5.41, 5.74) is 0.497. The van der Waals surface area contributed by atoms with Crippen molar-refractivity contribution in [2.24, 2.45) is 0 Å². The van der Waals surface area contributed by atoms with Crippen LogP contribution in [0.1, 0.15) is 10.4 Å². The predicted octanol–water partition coefficient (Wildman–Crippen LogP) is 1.27. The van der Waals surface area contributed by atoms with E-state index in [0.717, 1.165) is 0 Å². The van der Waals surface area contributed by atoms with Gasteiger partial charge in [0.05, 0.1) is 7.11 Å². The number of benzene rings is 1. The van der Waals surface area contributed by atoms with E-state index in [9.17, 15) is 14.7 Å². The molecule has 4 heteroatoms. The number of ketones is 2. The number of hydrogen-bond acceptors (Lipinski definition) is 4. The molecule has 0 spiro atoms. The van der Waals surface area contributed by atoms with Crippen LogP contribution in [0.25, 0.3) is 0 Å². The van der Waals surface area contributed by atoms with Crippen molar-refractivity contribution < 1.29 is 19.4 Å². The molecule has 2 rings (SSSR count). The van der Waals surface area contributed by atoms with Gasteiger partial charge >= 0.3 is 0 Å². The number of aliphatic hydroxyl groups is 1. The first-order chi connectivity index (χ1) is 8.65. The summed E-state index contributed by atoms with van der Waals surface area (Å²) in [4.78, 5) is 23.8. The number of carbonyl (C=O) groups excluding carboxylic acids is 2. The lowest BCUT2D eigenvalue weighted by Crippen LogP contribution is -2.31. The minimum Gasteiger partial charge on any atom is -0.493 e. The topological polar surface area (TPSA) is 63.6 Å². The third-order valence-electron chi connectivity index (χ3n) is 2.72. The Bertz CT molecular complexity index is 540. The largest absolute Gasteiger partial charge is 0.493 e. The molecule has 0 radical (unpaired) electrons. The predicted molar refractivity (Wildman–Crippen MR) is 65.0 cm³/mol. The Balaban J connectivity index is 2.35. The monoisotopic (exact) mass is 244 g/mol. The number of carbonyl (C=O) groups is 2. The quantitative estimate of drug-likeness (QED) is 0.813.